The first-order chi connectivity index (χ1) is 15.5. The molecular formula is C26H27FN2O2S. The highest BCUT2D eigenvalue weighted by Crippen LogP contribution is 2.21. The topological polar surface area (TPSA) is 49.4 Å². The number of nitrogens with zero attached hydrogens (tertiary/aromatic N) is 1. The lowest BCUT2D eigenvalue weighted by molar-refractivity contribution is -0.139. The minimum Gasteiger partial charge on any atom is -0.357 e. The van der Waals surface area contributed by atoms with Crippen LogP contribution in [-0.2, 0) is 22.6 Å². The molecule has 2 amide bonds. The molecule has 1 atom stereocenters. The molecule has 4 nitrogen and oxygen atoms in total. The quantitative estimate of drug-likeness (QED) is 0.484. The molecule has 0 saturated heterocycles. The van der Waals surface area contributed by atoms with Gasteiger partial charge in [0, 0.05) is 24.9 Å². The molecule has 166 valence electrons. The zero-order valence-electron chi connectivity index (χ0n) is 18.3. The first kappa shape index (κ1) is 23.5. The van der Waals surface area contributed by atoms with Crippen molar-refractivity contribution in [2.75, 3.05) is 12.8 Å². The summed E-state index contributed by atoms with van der Waals surface area (Å²) in [5.41, 5.74) is 2.88. The second-order valence-electron chi connectivity index (χ2n) is 7.57. The Labute approximate surface area is 192 Å². The molecule has 3 aromatic carbocycles. The van der Waals surface area contributed by atoms with Crippen molar-refractivity contribution < 1.29 is 14.0 Å². The Morgan fingerprint density at radius 2 is 1.59 bits per heavy atom. The molecule has 1 unspecified atom stereocenters. The summed E-state index contributed by atoms with van der Waals surface area (Å²) in [5, 5.41) is 2.70. The normalized spacial score (nSPS) is 11.6. The van der Waals surface area contributed by atoms with Gasteiger partial charge in [0.2, 0.25) is 11.8 Å². The van der Waals surface area contributed by atoms with Crippen LogP contribution < -0.4 is 5.32 Å². The summed E-state index contributed by atoms with van der Waals surface area (Å²) in [6.07, 6.45) is 0.392. The summed E-state index contributed by atoms with van der Waals surface area (Å²) >= 11 is 1.44. The Morgan fingerprint density at radius 3 is 2.22 bits per heavy atom. The van der Waals surface area contributed by atoms with E-state index in [1.807, 2.05) is 61.5 Å². The number of nitrogens with one attached hydrogen (secondary N) is 1. The predicted molar refractivity (Wildman–Crippen MR) is 127 cm³/mol. The summed E-state index contributed by atoms with van der Waals surface area (Å²) in [4.78, 5) is 28.8. The zero-order chi connectivity index (χ0) is 22.9. The monoisotopic (exact) mass is 450 g/mol. The largest absolute Gasteiger partial charge is 0.357 e. The van der Waals surface area contributed by atoms with Gasteiger partial charge in [-0.3, -0.25) is 9.59 Å². The number of amides is 2. The van der Waals surface area contributed by atoms with E-state index in [1.54, 1.807) is 24.1 Å². The van der Waals surface area contributed by atoms with E-state index in [4.69, 9.17) is 0 Å². The molecule has 1 N–H and O–H groups in total. The highest BCUT2D eigenvalue weighted by molar-refractivity contribution is 8.00. The van der Waals surface area contributed by atoms with E-state index in [-0.39, 0.29) is 29.9 Å². The van der Waals surface area contributed by atoms with Crippen LogP contribution >= 0.6 is 11.8 Å². The van der Waals surface area contributed by atoms with Gasteiger partial charge in [0.1, 0.15) is 11.9 Å². The number of halogens is 1. The molecule has 0 heterocycles. The van der Waals surface area contributed by atoms with Gasteiger partial charge in [0.15, 0.2) is 0 Å². The number of hydrogen-bond donors (Lipinski definition) is 1. The van der Waals surface area contributed by atoms with E-state index >= 15 is 0 Å². The highest BCUT2D eigenvalue weighted by atomic mass is 32.2. The minimum absolute atomic E-state index is 0.149. The Kier molecular flexibility index (Phi) is 8.45. The average Bonchev–Trinajstić information content (AvgIpc) is 2.82. The van der Waals surface area contributed by atoms with Crippen LogP contribution in [0.1, 0.15) is 16.7 Å². The lowest BCUT2D eigenvalue weighted by atomic mass is 10.0. The summed E-state index contributed by atoms with van der Waals surface area (Å²) in [5.74, 6) is -0.519. The molecule has 0 aliphatic heterocycles. The number of likely N-dealkylation sites (N-methyl/N-ethyl adjacent to an activating group) is 1. The van der Waals surface area contributed by atoms with Crippen LogP contribution in [0.15, 0.2) is 83.8 Å². The van der Waals surface area contributed by atoms with Crippen LogP contribution in [0.4, 0.5) is 4.39 Å². The molecule has 0 aliphatic rings. The fourth-order valence-corrected chi connectivity index (χ4v) is 4.15. The van der Waals surface area contributed by atoms with E-state index in [2.05, 4.69) is 5.32 Å². The molecule has 3 rings (SSSR count). The standard InChI is InChI=1S/C26H27FN2O2S/c1-19-8-14-23(15-9-19)32-18-25(30)29(17-21-10-12-22(27)13-11-21)24(26(31)28-2)16-20-6-4-3-5-7-20/h3-15,24H,16-18H2,1-2H3,(H,28,31). The van der Waals surface area contributed by atoms with E-state index < -0.39 is 6.04 Å². The number of carbonyl (C=O) groups is 2. The summed E-state index contributed by atoms with van der Waals surface area (Å²) < 4.78 is 13.4. The van der Waals surface area contributed by atoms with Gasteiger partial charge in [-0.25, -0.2) is 4.39 Å². The maximum atomic E-state index is 13.4. The van der Waals surface area contributed by atoms with Gasteiger partial charge in [-0.1, -0.05) is 60.2 Å². The van der Waals surface area contributed by atoms with E-state index in [0.717, 1.165) is 21.6 Å². The molecule has 0 bridgehead atoms. The third-order valence-corrected chi connectivity index (χ3v) is 6.16. The van der Waals surface area contributed by atoms with Crippen LogP contribution in [0.3, 0.4) is 0 Å². The summed E-state index contributed by atoms with van der Waals surface area (Å²) in [6.45, 7) is 2.24. The van der Waals surface area contributed by atoms with Crippen LogP contribution in [0, 0.1) is 12.7 Å². The molecule has 0 radical (unpaired) electrons. The van der Waals surface area contributed by atoms with Gasteiger partial charge in [-0.2, -0.15) is 0 Å². The van der Waals surface area contributed by atoms with Crippen molar-refractivity contribution in [3.63, 3.8) is 0 Å². The number of carbonyl (C=O) groups excluding carboxylic acids is 2. The lowest BCUT2D eigenvalue weighted by Gasteiger charge is -2.31. The SMILES string of the molecule is CNC(=O)C(Cc1ccccc1)N(Cc1ccc(F)cc1)C(=O)CSc1ccc(C)cc1. The fraction of sp³-hybridized carbons (Fsp3) is 0.231. The number of hydrogen-bond acceptors (Lipinski definition) is 3. The van der Waals surface area contributed by atoms with E-state index in [1.165, 1.54) is 23.9 Å². The van der Waals surface area contributed by atoms with Gasteiger partial charge in [0.25, 0.3) is 0 Å². The third kappa shape index (κ3) is 6.69. The predicted octanol–water partition coefficient (Wildman–Crippen LogP) is 4.61. The van der Waals surface area contributed by atoms with Gasteiger partial charge in [-0.05, 0) is 42.3 Å². The molecule has 0 saturated carbocycles. The lowest BCUT2D eigenvalue weighted by Crippen LogP contribution is -2.50. The maximum absolute atomic E-state index is 13.4. The van der Waals surface area contributed by atoms with Crippen LogP contribution in [0.25, 0.3) is 0 Å². The molecule has 6 heteroatoms. The Bertz CT molecular complexity index is 1020. The molecule has 0 spiro atoms. The fourth-order valence-electron chi connectivity index (χ4n) is 3.37. The van der Waals surface area contributed by atoms with Crippen molar-refractivity contribution in [2.24, 2.45) is 0 Å². The number of benzene rings is 3. The van der Waals surface area contributed by atoms with Crippen LogP contribution in [-0.4, -0.2) is 35.6 Å². The van der Waals surface area contributed by atoms with Crippen molar-refractivity contribution in [1.82, 2.24) is 10.2 Å². The van der Waals surface area contributed by atoms with Crippen molar-refractivity contribution in [3.05, 3.63) is 101 Å². The minimum atomic E-state index is -0.682. The first-order valence-electron chi connectivity index (χ1n) is 10.4. The number of rotatable bonds is 9. The third-order valence-electron chi connectivity index (χ3n) is 5.17. The second kappa shape index (κ2) is 11.5. The molecule has 0 fully saturated rings. The molecule has 3 aromatic rings. The van der Waals surface area contributed by atoms with Crippen LogP contribution in [0.2, 0.25) is 0 Å². The molecular weight excluding hydrogens is 423 g/mol. The molecule has 32 heavy (non-hydrogen) atoms. The molecule has 0 aromatic heterocycles. The van der Waals surface area contributed by atoms with Crippen molar-refractivity contribution in [3.8, 4) is 0 Å². The Hall–Kier alpha value is -3.12. The van der Waals surface area contributed by atoms with Crippen molar-refractivity contribution in [1.29, 1.82) is 0 Å². The Morgan fingerprint density at radius 1 is 0.938 bits per heavy atom. The van der Waals surface area contributed by atoms with Crippen molar-refractivity contribution in [2.45, 2.75) is 30.8 Å². The van der Waals surface area contributed by atoms with Gasteiger partial charge in [-0.15, -0.1) is 11.8 Å². The van der Waals surface area contributed by atoms with Crippen molar-refractivity contribution >= 4 is 23.6 Å². The first-order valence-corrected chi connectivity index (χ1v) is 11.4. The van der Waals surface area contributed by atoms with Crippen LogP contribution in [0.5, 0.6) is 0 Å². The highest BCUT2D eigenvalue weighted by Gasteiger charge is 2.29. The van der Waals surface area contributed by atoms with Gasteiger partial charge < -0.3 is 10.2 Å². The van der Waals surface area contributed by atoms with E-state index in [0.29, 0.717) is 6.42 Å². The summed E-state index contributed by atoms with van der Waals surface area (Å²) in [7, 11) is 1.57. The number of aryl methyl sites for hydroxylation is 1. The smallest absolute Gasteiger partial charge is 0.242 e. The zero-order valence-corrected chi connectivity index (χ0v) is 19.1. The van der Waals surface area contributed by atoms with Gasteiger partial charge >= 0.3 is 0 Å². The number of thioether (sulfide) groups is 1. The average molecular weight is 451 g/mol. The summed E-state index contributed by atoms with van der Waals surface area (Å²) in [6, 6.07) is 22.9. The molecule has 0 aliphatic carbocycles. The second-order valence-corrected chi connectivity index (χ2v) is 8.62. The van der Waals surface area contributed by atoms with E-state index in [9.17, 15) is 14.0 Å². The Balaban J connectivity index is 1.85. The van der Waals surface area contributed by atoms with Gasteiger partial charge in [0.05, 0.1) is 5.75 Å². The maximum Gasteiger partial charge on any atom is 0.242 e.